The van der Waals surface area contributed by atoms with E-state index < -0.39 is 12.8 Å². The Balaban J connectivity index is 2.35. The molecule has 0 radical (unpaired) electrons. The molecule has 0 saturated heterocycles. The van der Waals surface area contributed by atoms with Crippen LogP contribution in [0.3, 0.4) is 0 Å². The summed E-state index contributed by atoms with van der Waals surface area (Å²) in [5.74, 6) is 0.601. The first-order chi connectivity index (χ1) is 8.92. The van der Waals surface area contributed by atoms with Crippen LogP contribution in [-0.2, 0) is 11.3 Å². The van der Waals surface area contributed by atoms with E-state index in [1.54, 1.807) is 6.07 Å². The normalized spacial score (nSPS) is 11.6. The molecule has 7 heteroatoms. The Morgan fingerprint density at radius 3 is 2.63 bits per heavy atom. The van der Waals surface area contributed by atoms with Crippen molar-refractivity contribution in [2.45, 2.75) is 12.7 Å². The summed E-state index contributed by atoms with van der Waals surface area (Å²) in [7, 11) is 1.82. The van der Waals surface area contributed by atoms with Crippen molar-refractivity contribution in [2.75, 3.05) is 26.9 Å². The molecule has 0 spiro atoms. The first-order valence-corrected chi connectivity index (χ1v) is 6.42. The summed E-state index contributed by atoms with van der Waals surface area (Å²) in [4.78, 5) is 0. The maximum atomic E-state index is 11.8. The summed E-state index contributed by atoms with van der Waals surface area (Å²) in [5.41, 5.74) is 1.01. The fourth-order valence-corrected chi connectivity index (χ4v) is 1.76. The minimum absolute atomic E-state index is 0.0801. The summed E-state index contributed by atoms with van der Waals surface area (Å²) in [6, 6.07) is 5.40. The van der Waals surface area contributed by atoms with Gasteiger partial charge >= 0.3 is 6.18 Å². The van der Waals surface area contributed by atoms with Gasteiger partial charge < -0.3 is 14.8 Å². The number of benzene rings is 1. The minimum Gasteiger partial charge on any atom is -0.491 e. The Bertz CT molecular complexity index is 399. The number of alkyl halides is 3. The van der Waals surface area contributed by atoms with Gasteiger partial charge in [0.2, 0.25) is 0 Å². The summed E-state index contributed by atoms with van der Waals surface area (Å²) < 4.78 is 46.1. The number of hydrogen-bond donors (Lipinski definition) is 1. The lowest BCUT2D eigenvalue weighted by molar-refractivity contribution is -0.175. The van der Waals surface area contributed by atoms with Crippen LogP contribution in [0, 0.1) is 0 Å². The van der Waals surface area contributed by atoms with Gasteiger partial charge in [0.05, 0.1) is 6.61 Å². The molecule has 0 aliphatic carbocycles. The third kappa shape index (κ3) is 6.79. The SMILES string of the molecule is CNCc1cc(OCCOCC(F)(F)F)ccc1Br. The van der Waals surface area contributed by atoms with Gasteiger partial charge in [-0.1, -0.05) is 15.9 Å². The third-order valence-electron chi connectivity index (χ3n) is 2.15. The molecule has 0 amide bonds. The molecule has 0 saturated carbocycles. The Kier molecular flexibility index (Phi) is 6.60. The van der Waals surface area contributed by atoms with Crippen molar-refractivity contribution in [1.82, 2.24) is 5.32 Å². The largest absolute Gasteiger partial charge is 0.491 e. The van der Waals surface area contributed by atoms with Crippen molar-refractivity contribution in [3.05, 3.63) is 28.2 Å². The number of rotatable bonds is 7. The highest BCUT2D eigenvalue weighted by Crippen LogP contribution is 2.22. The van der Waals surface area contributed by atoms with E-state index in [1.165, 1.54) is 0 Å². The van der Waals surface area contributed by atoms with Crippen molar-refractivity contribution >= 4 is 15.9 Å². The lowest BCUT2D eigenvalue weighted by atomic mass is 10.2. The van der Waals surface area contributed by atoms with E-state index in [0.29, 0.717) is 12.3 Å². The Hall–Kier alpha value is -0.790. The molecular formula is C12H15BrF3NO2. The number of hydrogen-bond acceptors (Lipinski definition) is 3. The van der Waals surface area contributed by atoms with Crippen LogP contribution in [0.2, 0.25) is 0 Å². The predicted molar refractivity (Wildman–Crippen MR) is 69.3 cm³/mol. The molecule has 1 aromatic rings. The molecule has 19 heavy (non-hydrogen) atoms. The molecule has 0 heterocycles. The maximum Gasteiger partial charge on any atom is 0.411 e. The van der Waals surface area contributed by atoms with Gasteiger partial charge in [-0.3, -0.25) is 0 Å². The molecule has 0 fully saturated rings. The second kappa shape index (κ2) is 7.72. The van der Waals surface area contributed by atoms with Gasteiger partial charge in [-0.15, -0.1) is 0 Å². The summed E-state index contributed by atoms with van der Waals surface area (Å²) >= 11 is 3.40. The van der Waals surface area contributed by atoms with E-state index in [1.807, 2.05) is 19.2 Å². The molecular weight excluding hydrogens is 327 g/mol. The third-order valence-corrected chi connectivity index (χ3v) is 2.92. The predicted octanol–water partition coefficient (Wildman–Crippen LogP) is 3.13. The molecule has 3 nitrogen and oxygen atoms in total. The monoisotopic (exact) mass is 341 g/mol. The van der Waals surface area contributed by atoms with Crippen LogP contribution in [0.1, 0.15) is 5.56 Å². The van der Waals surface area contributed by atoms with Crippen molar-refractivity contribution in [3.63, 3.8) is 0 Å². The fraction of sp³-hybridized carbons (Fsp3) is 0.500. The van der Waals surface area contributed by atoms with Gasteiger partial charge in [0.25, 0.3) is 0 Å². The zero-order valence-corrected chi connectivity index (χ0v) is 12.0. The van der Waals surface area contributed by atoms with Crippen molar-refractivity contribution in [1.29, 1.82) is 0 Å². The van der Waals surface area contributed by atoms with Gasteiger partial charge in [0.15, 0.2) is 0 Å². The van der Waals surface area contributed by atoms with E-state index >= 15 is 0 Å². The van der Waals surface area contributed by atoms with E-state index in [-0.39, 0.29) is 13.2 Å². The van der Waals surface area contributed by atoms with Crippen molar-refractivity contribution in [3.8, 4) is 5.75 Å². The lowest BCUT2D eigenvalue weighted by Gasteiger charge is -2.11. The summed E-state index contributed by atoms with van der Waals surface area (Å²) in [6.45, 7) is -0.600. The van der Waals surface area contributed by atoms with Gasteiger partial charge in [0, 0.05) is 11.0 Å². The van der Waals surface area contributed by atoms with Gasteiger partial charge in [0.1, 0.15) is 19.0 Å². The maximum absolute atomic E-state index is 11.8. The van der Waals surface area contributed by atoms with Crippen molar-refractivity contribution in [2.24, 2.45) is 0 Å². The fourth-order valence-electron chi connectivity index (χ4n) is 1.37. The average Bonchev–Trinajstić information content (AvgIpc) is 2.31. The number of nitrogens with one attached hydrogen (secondary N) is 1. The second-order valence-electron chi connectivity index (χ2n) is 3.80. The molecule has 0 atom stereocenters. The van der Waals surface area contributed by atoms with Gasteiger partial charge in [-0.05, 0) is 30.8 Å². The Morgan fingerprint density at radius 2 is 2.00 bits per heavy atom. The topological polar surface area (TPSA) is 30.5 Å². The molecule has 0 aliphatic rings. The highest BCUT2D eigenvalue weighted by molar-refractivity contribution is 9.10. The smallest absolute Gasteiger partial charge is 0.411 e. The van der Waals surface area contributed by atoms with Crippen LogP contribution >= 0.6 is 15.9 Å². The Morgan fingerprint density at radius 1 is 1.26 bits per heavy atom. The van der Waals surface area contributed by atoms with Gasteiger partial charge in [-0.25, -0.2) is 0 Å². The average molecular weight is 342 g/mol. The highest BCUT2D eigenvalue weighted by atomic mass is 79.9. The van der Waals surface area contributed by atoms with Crippen LogP contribution in [0.5, 0.6) is 5.75 Å². The molecule has 0 bridgehead atoms. The van der Waals surface area contributed by atoms with E-state index in [4.69, 9.17) is 4.74 Å². The molecule has 0 aromatic heterocycles. The van der Waals surface area contributed by atoms with Crippen molar-refractivity contribution < 1.29 is 22.6 Å². The first kappa shape index (κ1) is 16.3. The minimum atomic E-state index is -4.29. The van der Waals surface area contributed by atoms with Crippen LogP contribution in [-0.4, -0.2) is 33.0 Å². The van der Waals surface area contributed by atoms with Crippen LogP contribution in [0.4, 0.5) is 13.2 Å². The van der Waals surface area contributed by atoms with Crippen LogP contribution in [0.15, 0.2) is 22.7 Å². The first-order valence-electron chi connectivity index (χ1n) is 5.62. The number of ether oxygens (including phenoxy) is 2. The zero-order chi connectivity index (χ0) is 14.3. The molecule has 1 N–H and O–H groups in total. The van der Waals surface area contributed by atoms with Crippen LogP contribution in [0.25, 0.3) is 0 Å². The lowest BCUT2D eigenvalue weighted by Crippen LogP contribution is -2.19. The quantitative estimate of drug-likeness (QED) is 0.773. The highest BCUT2D eigenvalue weighted by Gasteiger charge is 2.27. The molecule has 0 unspecified atom stereocenters. The zero-order valence-electron chi connectivity index (χ0n) is 10.4. The summed E-state index contributed by atoms with van der Waals surface area (Å²) in [6.07, 6.45) is -4.29. The molecule has 1 aromatic carbocycles. The Labute approximate surface area is 118 Å². The van der Waals surface area contributed by atoms with E-state index in [2.05, 4.69) is 26.0 Å². The summed E-state index contributed by atoms with van der Waals surface area (Å²) in [5, 5.41) is 3.01. The van der Waals surface area contributed by atoms with E-state index in [0.717, 1.165) is 10.0 Å². The molecule has 0 aliphatic heterocycles. The van der Waals surface area contributed by atoms with Crippen LogP contribution < -0.4 is 10.1 Å². The van der Waals surface area contributed by atoms with Gasteiger partial charge in [-0.2, -0.15) is 13.2 Å². The molecule has 1 rings (SSSR count). The van der Waals surface area contributed by atoms with E-state index in [9.17, 15) is 13.2 Å². The number of halogens is 4. The molecule has 108 valence electrons. The second-order valence-corrected chi connectivity index (χ2v) is 4.65. The standard InChI is InChI=1S/C12H15BrF3NO2/c1-17-7-9-6-10(2-3-11(9)13)19-5-4-18-8-12(14,15)16/h2-3,6,17H,4-5,7-8H2,1H3.